The zero-order valence-corrected chi connectivity index (χ0v) is 16.0. The number of hydrogen-bond donors (Lipinski definition) is 1. The summed E-state index contributed by atoms with van der Waals surface area (Å²) in [6, 6.07) is 7.67. The molecule has 0 saturated carbocycles. The van der Waals surface area contributed by atoms with Crippen LogP contribution in [0.1, 0.15) is 31.4 Å². The number of hydrogen-bond acceptors (Lipinski definition) is 3. The van der Waals surface area contributed by atoms with Crippen molar-refractivity contribution in [2.75, 3.05) is 32.7 Å². The number of piperidine rings is 1. The van der Waals surface area contributed by atoms with Crippen LogP contribution in [0.25, 0.3) is 0 Å². The molecule has 0 aromatic heterocycles. The second-order valence-corrected chi connectivity index (χ2v) is 6.98. The van der Waals surface area contributed by atoms with Crippen LogP contribution < -0.4 is 5.32 Å². The highest BCUT2D eigenvalue weighted by molar-refractivity contribution is 6.31. The standard InChI is InChI=1S/C18H24ClN3O2.ClH/c1-13(23)21-9-4-5-14(12-21)18(24)22-10-8-20-11-17(22)15-6-2-3-7-16(15)19;/h2-3,6-7,14,17,20H,4-5,8-12H2,1H3;1H. The van der Waals surface area contributed by atoms with Crippen LogP contribution in [0.5, 0.6) is 0 Å². The van der Waals surface area contributed by atoms with Crippen molar-refractivity contribution in [3.63, 3.8) is 0 Å². The first-order valence-electron chi connectivity index (χ1n) is 8.59. The van der Waals surface area contributed by atoms with Gasteiger partial charge in [-0.05, 0) is 24.5 Å². The summed E-state index contributed by atoms with van der Waals surface area (Å²) in [5.74, 6) is 0.0913. The molecule has 138 valence electrons. The summed E-state index contributed by atoms with van der Waals surface area (Å²) >= 11 is 6.36. The van der Waals surface area contributed by atoms with Gasteiger partial charge in [0, 0.05) is 44.7 Å². The van der Waals surface area contributed by atoms with Gasteiger partial charge in [-0.1, -0.05) is 29.8 Å². The molecule has 1 aromatic rings. The fourth-order valence-corrected chi connectivity index (χ4v) is 3.95. The number of carbonyl (C=O) groups excluding carboxylic acids is 2. The lowest BCUT2D eigenvalue weighted by atomic mass is 9.94. The van der Waals surface area contributed by atoms with Crippen LogP contribution in [-0.4, -0.2) is 54.3 Å². The summed E-state index contributed by atoms with van der Waals surface area (Å²) in [5, 5.41) is 4.05. The molecule has 3 rings (SSSR count). The highest BCUT2D eigenvalue weighted by Gasteiger charge is 2.35. The monoisotopic (exact) mass is 385 g/mol. The van der Waals surface area contributed by atoms with Gasteiger partial charge in [-0.15, -0.1) is 12.4 Å². The van der Waals surface area contributed by atoms with E-state index in [0.29, 0.717) is 24.7 Å². The number of rotatable bonds is 2. The van der Waals surface area contributed by atoms with E-state index >= 15 is 0 Å². The molecule has 2 amide bonds. The van der Waals surface area contributed by atoms with E-state index in [0.717, 1.165) is 31.5 Å². The number of benzene rings is 1. The molecule has 1 aromatic carbocycles. The van der Waals surface area contributed by atoms with Crippen molar-refractivity contribution in [1.29, 1.82) is 0 Å². The van der Waals surface area contributed by atoms with Gasteiger partial charge in [0.25, 0.3) is 0 Å². The Bertz CT molecular complexity index is 626. The minimum absolute atomic E-state index is 0. The third-order valence-electron chi connectivity index (χ3n) is 5.01. The lowest BCUT2D eigenvalue weighted by molar-refractivity contribution is -0.143. The Hall–Kier alpha value is -1.30. The summed E-state index contributed by atoms with van der Waals surface area (Å²) in [6.07, 6.45) is 1.74. The van der Waals surface area contributed by atoms with E-state index in [9.17, 15) is 9.59 Å². The van der Waals surface area contributed by atoms with E-state index in [-0.39, 0.29) is 36.2 Å². The lowest BCUT2D eigenvalue weighted by Gasteiger charge is -2.41. The minimum atomic E-state index is -0.106. The van der Waals surface area contributed by atoms with Crippen LogP contribution in [-0.2, 0) is 9.59 Å². The van der Waals surface area contributed by atoms with E-state index < -0.39 is 0 Å². The lowest BCUT2D eigenvalue weighted by Crippen LogP contribution is -2.53. The third-order valence-corrected chi connectivity index (χ3v) is 5.35. The van der Waals surface area contributed by atoms with Crippen molar-refractivity contribution in [2.45, 2.75) is 25.8 Å². The molecule has 2 fully saturated rings. The van der Waals surface area contributed by atoms with Gasteiger partial charge in [0.1, 0.15) is 0 Å². The van der Waals surface area contributed by atoms with Gasteiger partial charge in [0.15, 0.2) is 0 Å². The molecule has 25 heavy (non-hydrogen) atoms. The van der Waals surface area contributed by atoms with Gasteiger partial charge < -0.3 is 15.1 Å². The van der Waals surface area contributed by atoms with Gasteiger partial charge >= 0.3 is 0 Å². The van der Waals surface area contributed by atoms with E-state index in [1.165, 1.54) is 0 Å². The Kier molecular flexibility index (Phi) is 7.11. The highest BCUT2D eigenvalue weighted by Crippen LogP contribution is 2.31. The largest absolute Gasteiger partial charge is 0.342 e. The predicted molar refractivity (Wildman–Crippen MR) is 101 cm³/mol. The molecular weight excluding hydrogens is 361 g/mol. The summed E-state index contributed by atoms with van der Waals surface area (Å²) < 4.78 is 0. The Morgan fingerprint density at radius 1 is 1.24 bits per heavy atom. The molecule has 7 heteroatoms. The SMILES string of the molecule is CC(=O)N1CCCC(C(=O)N2CCNCC2c2ccccc2Cl)C1.Cl. The van der Waals surface area contributed by atoms with E-state index in [1.54, 1.807) is 11.8 Å². The molecule has 2 unspecified atom stereocenters. The maximum absolute atomic E-state index is 13.1. The van der Waals surface area contributed by atoms with Crippen LogP contribution in [0.2, 0.25) is 5.02 Å². The molecule has 0 bridgehead atoms. The van der Waals surface area contributed by atoms with Gasteiger partial charge in [0.2, 0.25) is 11.8 Å². The van der Waals surface area contributed by atoms with Crippen LogP contribution in [0.15, 0.2) is 24.3 Å². The van der Waals surface area contributed by atoms with E-state index in [4.69, 9.17) is 11.6 Å². The van der Waals surface area contributed by atoms with Crippen molar-refractivity contribution in [3.8, 4) is 0 Å². The molecule has 0 spiro atoms. The summed E-state index contributed by atoms with van der Waals surface area (Å²) in [6.45, 7) is 5.03. The molecule has 0 aliphatic carbocycles. The first kappa shape index (κ1) is 20.0. The molecular formula is C18H25Cl2N3O2. The number of likely N-dealkylation sites (tertiary alicyclic amines) is 1. The minimum Gasteiger partial charge on any atom is -0.342 e. The molecule has 2 aliphatic rings. The Balaban J connectivity index is 0.00000225. The average Bonchev–Trinajstić information content (AvgIpc) is 2.61. The van der Waals surface area contributed by atoms with Crippen LogP contribution >= 0.6 is 24.0 Å². The molecule has 2 atom stereocenters. The Morgan fingerprint density at radius 2 is 2.00 bits per heavy atom. The second-order valence-electron chi connectivity index (χ2n) is 6.58. The topological polar surface area (TPSA) is 52.7 Å². The van der Waals surface area contributed by atoms with Gasteiger partial charge in [-0.2, -0.15) is 0 Å². The van der Waals surface area contributed by atoms with Gasteiger partial charge in [0.05, 0.1) is 12.0 Å². The van der Waals surface area contributed by atoms with Gasteiger partial charge in [-0.3, -0.25) is 9.59 Å². The van der Waals surface area contributed by atoms with Crippen molar-refractivity contribution in [3.05, 3.63) is 34.9 Å². The summed E-state index contributed by atoms with van der Waals surface area (Å²) in [4.78, 5) is 28.5. The molecule has 2 saturated heterocycles. The van der Waals surface area contributed by atoms with Crippen LogP contribution in [0.3, 0.4) is 0 Å². The zero-order chi connectivity index (χ0) is 17.1. The number of piperazine rings is 1. The fraction of sp³-hybridized carbons (Fsp3) is 0.556. The normalized spacial score (nSPS) is 23.8. The summed E-state index contributed by atoms with van der Waals surface area (Å²) in [5.41, 5.74) is 0.985. The number of nitrogens with zero attached hydrogens (tertiary/aromatic N) is 2. The second kappa shape index (κ2) is 8.88. The number of halogens is 2. The number of nitrogens with one attached hydrogen (secondary N) is 1. The number of carbonyl (C=O) groups is 2. The predicted octanol–water partition coefficient (Wildman–Crippen LogP) is 2.49. The first-order chi connectivity index (χ1) is 11.6. The summed E-state index contributed by atoms with van der Waals surface area (Å²) in [7, 11) is 0. The highest BCUT2D eigenvalue weighted by atomic mass is 35.5. The van der Waals surface area contributed by atoms with Gasteiger partial charge in [-0.25, -0.2) is 0 Å². The average molecular weight is 386 g/mol. The first-order valence-corrected chi connectivity index (χ1v) is 8.97. The van der Waals surface area contributed by atoms with Crippen molar-refractivity contribution < 1.29 is 9.59 Å². The molecule has 2 heterocycles. The Morgan fingerprint density at radius 3 is 2.72 bits per heavy atom. The molecule has 0 radical (unpaired) electrons. The maximum atomic E-state index is 13.1. The fourth-order valence-electron chi connectivity index (χ4n) is 3.69. The van der Waals surface area contributed by atoms with Crippen LogP contribution in [0.4, 0.5) is 0 Å². The van der Waals surface area contributed by atoms with Crippen LogP contribution in [0, 0.1) is 5.92 Å². The molecule has 1 N–H and O–H groups in total. The van der Waals surface area contributed by atoms with Crippen molar-refractivity contribution >= 4 is 35.8 Å². The van der Waals surface area contributed by atoms with Crippen molar-refractivity contribution in [2.24, 2.45) is 5.92 Å². The quantitative estimate of drug-likeness (QED) is 0.850. The molecule has 5 nitrogen and oxygen atoms in total. The zero-order valence-electron chi connectivity index (χ0n) is 14.4. The smallest absolute Gasteiger partial charge is 0.228 e. The number of amides is 2. The van der Waals surface area contributed by atoms with Crippen molar-refractivity contribution in [1.82, 2.24) is 15.1 Å². The Labute approximate surface area is 160 Å². The van der Waals surface area contributed by atoms with E-state index in [1.807, 2.05) is 29.2 Å². The third kappa shape index (κ3) is 4.46. The maximum Gasteiger partial charge on any atom is 0.228 e. The van der Waals surface area contributed by atoms with E-state index in [2.05, 4.69) is 5.32 Å². The molecule has 2 aliphatic heterocycles.